The van der Waals surface area contributed by atoms with Crippen LogP contribution >= 0.6 is 0 Å². The van der Waals surface area contributed by atoms with Gasteiger partial charge in [-0.15, -0.1) is 0 Å². The Labute approximate surface area is 117 Å². The van der Waals surface area contributed by atoms with Crippen LogP contribution in [0.2, 0.25) is 0 Å². The molecule has 0 bridgehead atoms. The van der Waals surface area contributed by atoms with E-state index >= 15 is 0 Å². The van der Waals surface area contributed by atoms with Crippen molar-refractivity contribution in [1.82, 2.24) is 0 Å². The molecular formula is C12H13F5O4. The molecule has 1 N–H and O–H groups in total. The summed E-state index contributed by atoms with van der Waals surface area (Å²) in [4.78, 5) is 0. The van der Waals surface area contributed by atoms with E-state index in [9.17, 15) is 27.1 Å². The first kappa shape index (κ1) is 17.3. The van der Waals surface area contributed by atoms with Gasteiger partial charge in [0.05, 0.1) is 21.3 Å². The SMILES string of the molecule is COc1ccc(C(O)C(F)(F)C(F)(F)F)c(OC)c1OC. The maximum absolute atomic E-state index is 13.2. The van der Waals surface area contributed by atoms with E-state index in [2.05, 4.69) is 0 Å². The van der Waals surface area contributed by atoms with E-state index in [0.29, 0.717) is 0 Å². The van der Waals surface area contributed by atoms with Crippen LogP contribution in [0.3, 0.4) is 0 Å². The molecule has 0 amide bonds. The molecule has 0 saturated heterocycles. The van der Waals surface area contributed by atoms with Crippen LogP contribution in [0.25, 0.3) is 0 Å². The van der Waals surface area contributed by atoms with Crippen molar-refractivity contribution in [3.05, 3.63) is 17.7 Å². The predicted molar refractivity (Wildman–Crippen MR) is 62.1 cm³/mol. The Hall–Kier alpha value is -1.77. The summed E-state index contributed by atoms with van der Waals surface area (Å²) in [7, 11) is 3.44. The molecule has 0 heterocycles. The Morgan fingerprint density at radius 3 is 1.81 bits per heavy atom. The van der Waals surface area contributed by atoms with Gasteiger partial charge >= 0.3 is 12.1 Å². The highest BCUT2D eigenvalue weighted by atomic mass is 19.4. The van der Waals surface area contributed by atoms with Crippen molar-refractivity contribution in [3.8, 4) is 17.2 Å². The fourth-order valence-corrected chi connectivity index (χ4v) is 1.69. The third-order valence-corrected chi connectivity index (χ3v) is 2.75. The molecule has 0 aromatic heterocycles. The lowest BCUT2D eigenvalue weighted by Gasteiger charge is -2.26. The Morgan fingerprint density at radius 1 is 0.905 bits per heavy atom. The number of methoxy groups -OCH3 is 3. The van der Waals surface area contributed by atoms with Gasteiger partial charge in [0.2, 0.25) is 5.75 Å². The highest BCUT2D eigenvalue weighted by molar-refractivity contribution is 5.56. The zero-order valence-corrected chi connectivity index (χ0v) is 11.3. The minimum Gasteiger partial charge on any atom is -0.493 e. The Balaban J connectivity index is 3.44. The van der Waals surface area contributed by atoms with Crippen LogP contribution in [-0.2, 0) is 0 Å². The van der Waals surface area contributed by atoms with Crippen LogP contribution in [0.5, 0.6) is 17.2 Å². The van der Waals surface area contributed by atoms with Crippen molar-refractivity contribution in [2.45, 2.75) is 18.2 Å². The van der Waals surface area contributed by atoms with Crippen LogP contribution < -0.4 is 14.2 Å². The standard InChI is InChI=1S/C12H13F5O4/c1-19-7-5-4-6(8(20-2)9(7)21-3)10(18)11(13,14)12(15,16)17/h4-5,10,18H,1-3H3. The number of hydrogen-bond acceptors (Lipinski definition) is 4. The van der Waals surface area contributed by atoms with Crippen LogP contribution in [0.15, 0.2) is 12.1 Å². The number of hydrogen-bond donors (Lipinski definition) is 1. The summed E-state index contributed by atoms with van der Waals surface area (Å²) in [6.07, 6.45) is -9.06. The number of rotatable bonds is 5. The zero-order valence-electron chi connectivity index (χ0n) is 11.3. The van der Waals surface area contributed by atoms with Crippen molar-refractivity contribution in [2.24, 2.45) is 0 Å². The molecule has 0 aliphatic carbocycles. The van der Waals surface area contributed by atoms with Crippen molar-refractivity contribution >= 4 is 0 Å². The molecule has 0 fully saturated rings. The van der Waals surface area contributed by atoms with Gasteiger partial charge in [-0.2, -0.15) is 22.0 Å². The van der Waals surface area contributed by atoms with E-state index in [-0.39, 0.29) is 11.5 Å². The predicted octanol–water partition coefficient (Wildman–Crippen LogP) is 2.94. The Kier molecular flexibility index (Phi) is 4.87. The van der Waals surface area contributed by atoms with Crippen LogP contribution in [0.4, 0.5) is 22.0 Å². The first-order valence-electron chi connectivity index (χ1n) is 5.53. The highest BCUT2D eigenvalue weighted by Crippen LogP contribution is 2.49. The topological polar surface area (TPSA) is 47.9 Å². The van der Waals surface area contributed by atoms with E-state index in [1.165, 1.54) is 7.11 Å². The molecule has 0 radical (unpaired) electrons. The van der Waals surface area contributed by atoms with Gasteiger partial charge in [0, 0.05) is 5.56 Å². The molecule has 21 heavy (non-hydrogen) atoms. The first-order chi connectivity index (χ1) is 9.61. The molecule has 1 rings (SSSR count). The molecule has 0 spiro atoms. The van der Waals surface area contributed by atoms with Crippen molar-refractivity contribution in [2.75, 3.05) is 21.3 Å². The van der Waals surface area contributed by atoms with Gasteiger partial charge in [-0.25, -0.2) is 0 Å². The van der Waals surface area contributed by atoms with E-state index in [4.69, 9.17) is 14.2 Å². The summed E-state index contributed by atoms with van der Waals surface area (Å²) >= 11 is 0. The lowest BCUT2D eigenvalue weighted by molar-refractivity contribution is -0.315. The first-order valence-corrected chi connectivity index (χ1v) is 5.53. The van der Waals surface area contributed by atoms with E-state index < -0.39 is 29.5 Å². The number of halogens is 5. The van der Waals surface area contributed by atoms with Crippen molar-refractivity contribution < 1.29 is 41.3 Å². The minimum absolute atomic E-state index is 0.0561. The molecule has 1 atom stereocenters. The molecule has 1 unspecified atom stereocenters. The summed E-state index contributed by atoms with van der Waals surface area (Å²) in [5.74, 6) is -5.96. The fourth-order valence-electron chi connectivity index (χ4n) is 1.69. The second-order valence-electron chi connectivity index (χ2n) is 3.95. The van der Waals surface area contributed by atoms with Gasteiger partial charge in [-0.1, -0.05) is 0 Å². The van der Waals surface area contributed by atoms with Gasteiger partial charge in [0.1, 0.15) is 0 Å². The molecule has 1 aromatic carbocycles. The van der Waals surface area contributed by atoms with E-state index in [1.807, 2.05) is 0 Å². The number of ether oxygens (including phenoxy) is 3. The molecular weight excluding hydrogens is 303 g/mol. The molecule has 0 aliphatic heterocycles. The number of aliphatic hydroxyl groups is 1. The summed E-state index contributed by atoms with van der Waals surface area (Å²) in [5.41, 5.74) is -0.766. The summed E-state index contributed by atoms with van der Waals surface area (Å²) in [6.45, 7) is 0. The average molecular weight is 316 g/mol. The Bertz CT molecular complexity index is 501. The Morgan fingerprint density at radius 2 is 1.43 bits per heavy atom. The molecule has 0 saturated carbocycles. The summed E-state index contributed by atoms with van der Waals surface area (Å²) < 4.78 is 78.0. The summed E-state index contributed by atoms with van der Waals surface area (Å²) in [5, 5.41) is 9.43. The number of alkyl halides is 5. The molecule has 0 aliphatic rings. The second-order valence-corrected chi connectivity index (χ2v) is 3.95. The highest BCUT2D eigenvalue weighted by Gasteiger charge is 2.63. The largest absolute Gasteiger partial charge is 0.493 e. The normalized spacial score (nSPS) is 13.8. The maximum Gasteiger partial charge on any atom is 0.456 e. The third kappa shape index (κ3) is 2.97. The van der Waals surface area contributed by atoms with Gasteiger partial charge in [0.25, 0.3) is 0 Å². The van der Waals surface area contributed by atoms with Crippen LogP contribution in [0.1, 0.15) is 11.7 Å². The molecule has 1 aromatic rings. The van der Waals surface area contributed by atoms with E-state index in [0.717, 1.165) is 26.4 Å². The van der Waals surface area contributed by atoms with Gasteiger partial charge in [0.15, 0.2) is 17.6 Å². The summed E-state index contributed by atoms with van der Waals surface area (Å²) in [6, 6.07) is 1.94. The monoisotopic (exact) mass is 316 g/mol. The number of benzene rings is 1. The minimum atomic E-state index is -5.91. The van der Waals surface area contributed by atoms with E-state index in [1.54, 1.807) is 0 Å². The maximum atomic E-state index is 13.2. The van der Waals surface area contributed by atoms with Crippen molar-refractivity contribution in [3.63, 3.8) is 0 Å². The molecule has 9 heteroatoms. The quantitative estimate of drug-likeness (QED) is 0.849. The van der Waals surface area contributed by atoms with Crippen molar-refractivity contribution in [1.29, 1.82) is 0 Å². The molecule has 4 nitrogen and oxygen atoms in total. The third-order valence-electron chi connectivity index (χ3n) is 2.75. The smallest absolute Gasteiger partial charge is 0.456 e. The molecule has 120 valence electrons. The fraction of sp³-hybridized carbons (Fsp3) is 0.500. The number of aliphatic hydroxyl groups excluding tert-OH is 1. The lowest BCUT2D eigenvalue weighted by atomic mass is 10.0. The lowest BCUT2D eigenvalue weighted by Crippen LogP contribution is -2.42. The van der Waals surface area contributed by atoms with Crippen LogP contribution in [0, 0.1) is 0 Å². The van der Waals surface area contributed by atoms with Gasteiger partial charge in [-0.05, 0) is 12.1 Å². The van der Waals surface area contributed by atoms with Gasteiger partial charge < -0.3 is 19.3 Å². The average Bonchev–Trinajstić information content (AvgIpc) is 2.43. The van der Waals surface area contributed by atoms with Crippen LogP contribution in [-0.4, -0.2) is 38.5 Å². The van der Waals surface area contributed by atoms with Gasteiger partial charge in [-0.3, -0.25) is 0 Å². The zero-order chi connectivity index (χ0) is 16.4. The second kappa shape index (κ2) is 5.92.